The number of hydrogen-bond acceptors (Lipinski definition) is 4. The third kappa shape index (κ3) is 1.10. The molecule has 1 saturated heterocycles. The molecule has 0 aromatic carbocycles. The van der Waals surface area contributed by atoms with Crippen LogP contribution in [0.2, 0.25) is 0 Å². The Kier molecular flexibility index (Phi) is 1.34. The summed E-state index contributed by atoms with van der Waals surface area (Å²) in [6, 6.07) is 0. The number of cyclic esters (lactones) is 2. The topological polar surface area (TPSA) is 38.8 Å². The lowest BCUT2D eigenvalue weighted by Crippen LogP contribution is -2.33. The quantitative estimate of drug-likeness (QED) is 0.418. The monoisotopic (exact) mass is 117 g/mol. The summed E-state index contributed by atoms with van der Waals surface area (Å²) >= 11 is 0. The number of carbonyl (C=O) groups is 1. The van der Waals surface area contributed by atoms with Crippen LogP contribution in [0.25, 0.3) is 0 Å². The van der Waals surface area contributed by atoms with Crippen molar-refractivity contribution in [1.29, 1.82) is 0 Å². The summed E-state index contributed by atoms with van der Waals surface area (Å²) in [6.07, 6.45) is -0.580. The molecular weight excluding hydrogens is 110 g/mol. The van der Waals surface area contributed by atoms with Gasteiger partial charge in [0.15, 0.2) is 13.5 Å². The Morgan fingerprint density at radius 3 is 2.38 bits per heavy atom. The lowest BCUT2D eigenvalue weighted by Gasteiger charge is -2.20. The van der Waals surface area contributed by atoms with Crippen molar-refractivity contribution < 1.29 is 14.3 Å². The van der Waals surface area contributed by atoms with Gasteiger partial charge in [-0.05, 0) is 7.05 Å². The minimum absolute atomic E-state index is 0.332. The molecule has 1 heterocycles. The van der Waals surface area contributed by atoms with Gasteiger partial charge < -0.3 is 9.47 Å². The van der Waals surface area contributed by atoms with Gasteiger partial charge in [0.05, 0.1) is 0 Å². The fourth-order valence-electron chi connectivity index (χ4n) is 0.405. The summed E-state index contributed by atoms with van der Waals surface area (Å²) < 4.78 is 8.91. The van der Waals surface area contributed by atoms with Crippen LogP contribution in [0.1, 0.15) is 0 Å². The minimum atomic E-state index is -0.580. The Hall–Kier alpha value is -0.770. The van der Waals surface area contributed by atoms with Crippen molar-refractivity contribution in [1.82, 2.24) is 4.90 Å². The highest BCUT2D eigenvalue weighted by Crippen LogP contribution is 1.95. The van der Waals surface area contributed by atoms with E-state index in [-0.39, 0.29) is 0 Å². The van der Waals surface area contributed by atoms with E-state index in [4.69, 9.17) is 0 Å². The van der Waals surface area contributed by atoms with E-state index in [1.165, 1.54) is 0 Å². The fourth-order valence-corrected chi connectivity index (χ4v) is 0.405. The van der Waals surface area contributed by atoms with Crippen LogP contribution in [0.15, 0.2) is 0 Å². The van der Waals surface area contributed by atoms with Crippen molar-refractivity contribution in [3.8, 4) is 0 Å². The molecule has 1 aliphatic heterocycles. The summed E-state index contributed by atoms with van der Waals surface area (Å²) in [6.45, 7) is 0.664. The second-order valence-corrected chi connectivity index (χ2v) is 1.65. The van der Waals surface area contributed by atoms with Crippen LogP contribution < -0.4 is 0 Å². The largest absolute Gasteiger partial charge is 0.510 e. The van der Waals surface area contributed by atoms with E-state index >= 15 is 0 Å². The molecule has 0 amide bonds. The molecule has 0 saturated carbocycles. The van der Waals surface area contributed by atoms with E-state index < -0.39 is 6.16 Å². The third-order valence-electron chi connectivity index (χ3n) is 0.806. The van der Waals surface area contributed by atoms with Crippen molar-refractivity contribution in [3.05, 3.63) is 0 Å². The van der Waals surface area contributed by atoms with Crippen molar-refractivity contribution in [3.63, 3.8) is 0 Å². The minimum Gasteiger partial charge on any atom is -0.418 e. The van der Waals surface area contributed by atoms with E-state index in [9.17, 15) is 4.79 Å². The highest BCUT2D eigenvalue weighted by Gasteiger charge is 2.12. The van der Waals surface area contributed by atoms with Crippen molar-refractivity contribution in [2.45, 2.75) is 0 Å². The van der Waals surface area contributed by atoms with Crippen molar-refractivity contribution in [2.75, 3.05) is 20.5 Å². The van der Waals surface area contributed by atoms with Gasteiger partial charge in [-0.1, -0.05) is 0 Å². The molecule has 4 nitrogen and oxygen atoms in total. The summed E-state index contributed by atoms with van der Waals surface area (Å²) in [7, 11) is 1.80. The molecule has 0 aromatic heterocycles. The van der Waals surface area contributed by atoms with Crippen LogP contribution >= 0.6 is 0 Å². The lowest BCUT2D eigenvalue weighted by molar-refractivity contribution is -0.0675. The van der Waals surface area contributed by atoms with E-state index in [1.807, 2.05) is 0 Å². The Morgan fingerprint density at radius 2 is 2.00 bits per heavy atom. The molecular formula is C4H7NO3. The summed E-state index contributed by atoms with van der Waals surface area (Å²) in [5.41, 5.74) is 0. The van der Waals surface area contributed by atoms with Gasteiger partial charge in [0.1, 0.15) is 0 Å². The summed E-state index contributed by atoms with van der Waals surface area (Å²) in [4.78, 5) is 11.9. The third-order valence-corrected chi connectivity index (χ3v) is 0.806. The van der Waals surface area contributed by atoms with Gasteiger partial charge in [0.25, 0.3) is 0 Å². The van der Waals surface area contributed by atoms with E-state index in [1.54, 1.807) is 11.9 Å². The molecule has 1 fully saturated rings. The van der Waals surface area contributed by atoms with E-state index in [0.29, 0.717) is 13.5 Å². The Morgan fingerprint density at radius 1 is 1.50 bits per heavy atom. The Balaban J connectivity index is 2.29. The zero-order chi connectivity index (χ0) is 5.98. The first kappa shape index (κ1) is 5.37. The number of ether oxygens (including phenoxy) is 2. The molecule has 0 aliphatic carbocycles. The molecule has 1 rings (SSSR count). The Bertz CT molecular complexity index is 93.5. The predicted octanol–water partition coefficient (Wildman–Crippen LogP) is 0. The SMILES string of the molecule is CN1COC(=O)OC1. The molecule has 1 aliphatic rings. The first-order valence-electron chi connectivity index (χ1n) is 2.27. The van der Waals surface area contributed by atoms with Gasteiger partial charge in [0, 0.05) is 0 Å². The smallest absolute Gasteiger partial charge is 0.418 e. The number of hydrogen-bond donors (Lipinski definition) is 0. The summed E-state index contributed by atoms with van der Waals surface area (Å²) in [5, 5.41) is 0. The highest BCUT2D eigenvalue weighted by atomic mass is 16.7. The lowest BCUT2D eigenvalue weighted by atomic mass is 10.8. The van der Waals surface area contributed by atoms with E-state index in [2.05, 4.69) is 9.47 Å². The van der Waals surface area contributed by atoms with Crippen molar-refractivity contribution >= 4 is 6.16 Å². The number of rotatable bonds is 0. The van der Waals surface area contributed by atoms with Crippen LogP contribution in [0.5, 0.6) is 0 Å². The van der Waals surface area contributed by atoms with Crippen LogP contribution in [-0.4, -0.2) is 31.6 Å². The first-order valence-corrected chi connectivity index (χ1v) is 2.27. The number of carbonyl (C=O) groups excluding carboxylic acids is 1. The zero-order valence-corrected chi connectivity index (χ0v) is 4.59. The average Bonchev–Trinajstić information content (AvgIpc) is 1.77. The van der Waals surface area contributed by atoms with Crippen LogP contribution in [-0.2, 0) is 9.47 Å². The molecule has 0 radical (unpaired) electrons. The van der Waals surface area contributed by atoms with Gasteiger partial charge in [-0.15, -0.1) is 0 Å². The molecule has 46 valence electrons. The van der Waals surface area contributed by atoms with Gasteiger partial charge in [0.2, 0.25) is 0 Å². The molecule has 0 aromatic rings. The molecule has 0 unspecified atom stereocenters. The molecule has 8 heavy (non-hydrogen) atoms. The standard InChI is InChI=1S/C4H7NO3/c1-5-2-7-4(6)8-3-5/h2-3H2,1H3. The van der Waals surface area contributed by atoms with Crippen molar-refractivity contribution in [2.24, 2.45) is 0 Å². The maximum atomic E-state index is 10.1. The number of nitrogens with zero attached hydrogens (tertiary/aromatic N) is 1. The van der Waals surface area contributed by atoms with Crippen LogP contribution in [0, 0.1) is 0 Å². The molecule has 0 atom stereocenters. The molecule has 0 spiro atoms. The normalized spacial score (nSPS) is 21.9. The molecule has 0 bridgehead atoms. The van der Waals surface area contributed by atoms with E-state index in [0.717, 1.165) is 0 Å². The fraction of sp³-hybridized carbons (Fsp3) is 0.750. The van der Waals surface area contributed by atoms with Gasteiger partial charge in [-0.2, -0.15) is 0 Å². The molecule has 4 heteroatoms. The maximum Gasteiger partial charge on any atom is 0.510 e. The van der Waals surface area contributed by atoms with Gasteiger partial charge >= 0.3 is 6.16 Å². The first-order chi connectivity index (χ1) is 3.79. The second-order valence-electron chi connectivity index (χ2n) is 1.65. The second kappa shape index (κ2) is 2.00. The highest BCUT2D eigenvalue weighted by molar-refractivity contribution is 5.60. The average molecular weight is 117 g/mol. The van der Waals surface area contributed by atoms with Crippen LogP contribution in [0.3, 0.4) is 0 Å². The maximum absolute atomic E-state index is 10.1. The Labute approximate surface area is 47.0 Å². The molecule has 0 N–H and O–H groups in total. The summed E-state index contributed by atoms with van der Waals surface area (Å²) in [5.74, 6) is 0. The van der Waals surface area contributed by atoms with Gasteiger partial charge in [-0.3, -0.25) is 0 Å². The van der Waals surface area contributed by atoms with Crippen LogP contribution in [0.4, 0.5) is 4.79 Å². The predicted molar refractivity (Wildman–Crippen MR) is 25.1 cm³/mol. The van der Waals surface area contributed by atoms with Gasteiger partial charge in [-0.25, -0.2) is 9.69 Å². The zero-order valence-electron chi connectivity index (χ0n) is 4.59.